The van der Waals surface area contributed by atoms with Crippen molar-refractivity contribution in [2.24, 2.45) is 10.9 Å². The lowest BCUT2D eigenvalue weighted by molar-refractivity contribution is 0.157. The predicted octanol–water partition coefficient (Wildman–Crippen LogP) is 2.46. The molecule has 0 bridgehead atoms. The van der Waals surface area contributed by atoms with Gasteiger partial charge in [0.1, 0.15) is 5.82 Å². The van der Waals surface area contributed by atoms with Gasteiger partial charge in [-0.15, -0.1) is 11.8 Å². The zero-order valence-corrected chi connectivity index (χ0v) is 14.0. The summed E-state index contributed by atoms with van der Waals surface area (Å²) in [5.41, 5.74) is 0. The van der Waals surface area contributed by atoms with Gasteiger partial charge < -0.3 is 15.0 Å². The third-order valence-electron chi connectivity index (χ3n) is 3.67. The summed E-state index contributed by atoms with van der Waals surface area (Å²) in [5.74, 6) is 2.28. The lowest BCUT2D eigenvalue weighted by Gasteiger charge is -2.21. The van der Waals surface area contributed by atoms with Crippen molar-refractivity contribution in [3.05, 3.63) is 30.1 Å². The number of likely N-dealkylation sites (tertiary alicyclic amines) is 1. The molecule has 1 fully saturated rings. The molecule has 0 saturated carbocycles. The zero-order chi connectivity index (χ0) is 15.8. The number of nitrogens with zero attached hydrogens (tertiary/aromatic N) is 2. The molecule has 1 aromatic rings. The average Bonchev–Trinajstić information content (AvgIpc) is 2.98. The minimum atomic E-state index is -0.192. The molecule has 1 N–H and O–H groups in total. The number of aliphatic imine (C=N–C) groups is 1. The predicted molar refractivity (Wildman–Crippen MR) is 90.0 cm³/mol. The smallest absolute Gasteiger partial charge is 0.193 e. The molecule has 1 atom stereocenters. The van der Waals surface area contributed by atoms with Crippen LogP contribution in [0, 0.1) is 11.7 Å². The lowest BCUT2D eigenvalue weighted by Crippen LogP contribution is -2.41. The summed E-state index contributed by atoms with van der Waals surface area (Å²) >= 11 is 1.71. The highest BCUT2D eigenvalue weighted by atomic mass is 32.2. The van der Waals surface area contributed by atoms with Gasteiger partial charge in [0.25, 0.3) is 0 Å². The van der Waals surface area contributed by atoms with E-state index in [0.717, 1.165) is 49.3 Å². The third-order valence-corrected chi connectivity index (χ3v) is 4.68. The summed E-state index contributed by atoms with van der Waals surface area (Å²) in [6, 6.07) is 6.61. The molecule has 0 aliphatic carbocycles. The number of ether oxygens (including phenoxy) is 1. The van der Waals surface area contributed by atoms with Gasteiger partial charge in [-0.1, -0.05) is 0 Å². The Bertz CT molecular complexity index is 481. The molecule has 0 amide bonds. The Morgan fingerprint density at radius 2 is 2.23 bits per heavy atom. The highest BCUT2D eigenvalue weighted by molar-refractivity contribution is 7.99. The number of guanidine groups is 1. The summed E-state index contributed by atoms with van der Waals surface area (Å²) in [7, 11) is 3.57. The average molecular weight is 325 g/mol. The van der Waals surface area contributed by atoms with Crippen LogP contribution in [0.2, 0.25) is 0 Å². The Hall–Kier alpha value is -1.27. The van der Waals surface area contributed by atoms with Crippen LogP contribution in [0.1, 0.15) is 6.42 Å². The Morgan fingerprint density at radius 1 is 1.45 bits per heavy atom. The van der Waals surface area contributed by atoms with E-state index in [4.69, 9.17) is 4.74 Å². The molecule has 0 aromatic heterocycles. The maximum absolute atomic E-state index is 12.8. The second-order valence-corrected chi connectivity index (χ2v) is 6.50. The van der Waals surface area contributed by atoms with Gasteiger partial charge in [0.15, 0.2) is 5.96 Å². The van der Waals surface area contributed by atoms with E-state index in [1.807, 2.05) is 19.2 Å². The van der Waals surface area contributed by atoms with Gasteiger partial charge in [0.2, 0.25) is 0 Å². The molecule has 1 aliphatic heterocycles. The van der Waals surface area contributed by atoms with Crippen molar-refractivity contribution in [1.82, 2.24) is 10.2 Å². The Kier molecular flexibility index (Phi) is 6.99. The minimum Gasteiger partial charge on any atom is -0.384 e. The van der Waals surface area contributed by atoms with E-state index in [0.29, 0.717) is 5.92 Å². The molecule has 22 heavy (non-hydrogen) atoms. The summed E-state index contributed by atoms with van der Waals surface area (Å²) in [5, 5.41) is 3.40. The van der Waals surface area contributed by atoms with Gasteiger partial charge in [-0.3, -0.25) is 4.99 Å². The van der Waals surface area contributed by atoms with Crippen LogP contribution in [-0.2, 0) is 4.74 Å². The molecule has 1 aliphatic rings. The fourth-order valence-corrected chi connectivity index (χ4v) is 3.36. The van der Waals surface area contributed by atoms with Crippen molar-refractivity contribution < 1.29 is 9.13 Å². The molecule has 1 heterocycles. The normalized spacial score (nSPS) is 18.8. The van der Waals surface area contributed by atoms with E-state index in [-0.39, 0.29) is 5.82 Å². The summed E-state index contributed by atoms with van der Waals surface area (Å²) in [6.45, 7) is 3.67. The van der Waals surface area contributed by atoms with Crippen LogP contribution < -0.4 is 5.32 Å². The van der Waals surface area contributed by atoms with E-state index in [1.165, 1.54) is 12.1 Å². The highest BCUT2D eigenvalue weighted by Crippen LogP contribution is 2.18. The van der Waals surface area contributed by atoms with Gasteiger partial charge in [-0.2, -0.15) is 0 Å². The van der Waals surface area contributed by atoms with Gasteiger partial charge in [0, 0.05) is 50.4 Å². The van der Waals surface area contributed by atoms with Gasteiger partial charge in [-0.05, 0) is 30.7 Å². The van der Waals surface area contributed by atoms with E-state index in [2.05, 4.69) is 15.2 Å². The Morgan fingerprint density at radius 3 is 2.91 bits per heavy atom. The first-order valence-corrected chi connectivity index (χ1v) is 8.54. The number of methoxy groups -OCH3 is 1. The van der Waals surface area contributed by atoms with E-state index < -0.39 is 0 Å². The standard InChI is InChI=1S/C16H24FN3OS/c1-18-16(20-9-7-13(11-20)12-21-2)19-8-10-22-15-5-3-14(17)4-6-15/h3-6,13H,7-12H2,1-2H3,(H,18,19). The monoisotopic (exact) mass is 325 g/mol. The molecule has 0 spiro atoms. The van der Waals surface area contributed by atoms with Crippen molar-refractivity contribution in [1.29, 1.82) is 0 Å². The molecular formula is C16H24FN3OS. The number of hydrogen-bond donors (Lipinski definition) is 1. The number of hydrogen-bond acceptors (Lipinski definition) is 3. The highest BCUT2D eigenvalue weighted by Gasteiger charge is 2.24. The molecule has 4 nitrogen and oxygen atoms in total. The van der Waals surface area contributed by atoms with Crippen LogP contribution >= 0.6 is 11.8 Å². The van der Waals surface area contributed by atoms with Crippen molar-refractivity contribution >= 4 is 17.7 Å². The number of rotatable bonds is 6. The van der Waals surface area contributed by atoms with Crippen LogP contribution in [0.3, 0.4) is 0 Å². The fourth-order valence-electron chi connectivity index (χ4n) is 2.59. The number of nitrogens with one attached hydrogen (secondary N) is 1. The summed E-state index contributed by atoms with van der Waals surface area (Å²) in [4.78, 5) is 7.72. The van der Waals surface area contributed by atoms with Crippen molar-refractivity contribution in [2.45, 2.75) is 11.3 Å². The van der Waals surface area contributed by atoms with Crippen molar-refractivity contribution in [3.8, 4) is 0 Å². The second-order valence-electron chi connectivity index (χ2n) is 5.33. The van der Waals surface area contributed by atoms with Crippen molar-refractivity contribution in [3.63, 3.8) is 0 Å². The Balaban J connectivity index is 1.70. The topological polar surface area (TPSA) is 36.9 Å². The molecule has 122 valence electrons. The van der Waals surface area contributed by atoms with Crippen LogP contribution in [0.25, 0.3) is 0 Å². The van der Waals surface area contributed by atoms with Crippen LogP contribution in [-0.4, -0.2) is 57.0 Å². The first kappa shape index (κ1) is 17.1. The van der Waals surface area contributed by atoms with Gasteiger partial charge in [-0.25, -0.2) is 4.39 Å². The molecular weight excluding hydrogens is 301 g/mol. The molecule has 1 unspecified atom stereocenters. The zero-order valence-electron chi connectivity index (χ0n) is 13.2. The summed E-state index contributed by atoms with van der Waals surface area (Å²) in [6.07, 6.45) is 1.15. The molecule has 0 radical (unpaired) electrons. The van der Waals surface area contributed by atoms with Crippen LogP contribution in [0.15, 0.2) is 34.2 Å². The first-order valence-electron chi connectivity index (χ1n) is 7.56. The lowest BCUT2D eigenvalue weighted by atomic mass is 10.1. The fraction of sp³-hybridized carbons (Fsp3) is 0.562. The van der Waals surface area contributed by atoms with Gasteiger partial charge >= 0.3 is 0 Å². The SMILES string of the molecule is CN=C(NCCSc1ccc(F)cc1)N1CCC(COC)C1. The maximum Gasteiger partial charge on any atom is 0.193 e. The van der Waals surface area contributed by atoms with Crippen LogP contribution in [0.4, 0.5) is 4.39 Å². The summed E-state index contributed by atoms with van der Waals surface area (Å²) < 4.78 is 18.1. The number of halogens is 1. The van der Waals surface area contributed by atoms with Crippen LogP contribution in [0.5, 0.6) is 0 Å². The number of benzene rings is 1. The van der Waals surface area contributed by atoms with Crippen molar-refractivity contribution in [2.75, 3.05) is 46.2 Å². The maximum atomic E-state index is 12.8. The van der Waals surface area contributed by atoms with E-state index in [1.54, 1.807) is 18.9 Å². The van der Waals surface area contributed by atoms with E-state index in [9.17, 15) is 4.39 Å². The molecule has 1 saturated heterocycles. The minimum absolute atomic E-state index is 0.192. The second kappa shape index (κ2) is 9.00. The molecule has 6 heteroatoms. The van der Waals surface area contributed by atoms with Gasteiger partial charge in [0.05, 0.1) is 6.61 Å². The van der Waals surface area contributed by atoms with E-state index >= 15 is 0 Å². The molecule has 2 rings (SSSR count). The quantitative estimate of drug-likeness (QED) is 0.377. The largest absolute Gasteiger partial charge is 0.384 e. The Labute approximate surface area is 136 Å². The third kappa shape index (κ3) is 5.18. The molecule has 1 aromatic carbocycles. The number of thioether (sulfide) groups is 1. The first-order chi connectivity index (χ1) is 10.7.